The lowest BCUT2D eigenvalue weighted by atomic mass is 9.83. The van der Waals surface area contributed by atoms with Crippen molar-refractivity contribution in [3.05, 3.63) is 38.7 Å². The molecule has 0 bridgehead atoms. The number of halogens is 2. The van der Waals surface area contributed by atoms with E-state index in [0.717, 1.165) is 75.9 Å². The van der Waals surface area contributed by atoms with Crippen LogP contribution in [0.3, 0.4) is 0 Å². The first-order chi connectivity index (χ1) is 21.6. The molecule has 0 saturated carbocycles. The number of anilines is 2. The van der Waals surface area contributed by atoms with Crippen LogP contribution in [0.1, 0.15) is 59.5 Å². The number of Topliss-reactive ketones (excluding diaryl/α,β-unsaturated/α-hetero) is 1. The van der Waals surface area contributed by atoms with Crippen LogP contribution < -0.4 is 9.80 Å². The zero-order chi connectivity index (χ0) is 32.2. The van der Waals surface area contributed by atoms with Crippen LogP contribution >= 0.6 is 34.5 Å². The molecule has 2 atom stereocenters. The first-order valence-electron chi connectivity index (χ1n) is 15.7. The summed E-state index contributed by atoms with van der Waals surface area (Å²) in [6.07, 6.45) is 4.49. The number of thiazole rings is 1. The number of rotatable bonds is 12. The summed E-state index contributed by atoms with van der Waals surface area (Å²) in [5.74, 6) is 0.0478. The molecule has 11 nitrogen and oxygen atoms in total. The average molecular weight is 678 g/mol. The second-order valence-electron chi connectivity index (χ2n) is 11.9. The molecule has 14 heteroatoms. The number of piperidine rings is 1. The highest BCUT2D eigenvalue weighted by atomic mass is 35.5. The van der Waals surface area contributed by atoms with Crippen molar-refractivity contribution >= 4 is 57.2 Å². The van der Waals surface area contributed by atoms with Crippen LogP contribution in [-0.4, -0.2) is 112 Å². The molecule has 45 heavy (non-hydrogen) atoms. The van der Waals surface area contributed by atoms with Crippen molar-refractivity contribution in [3.8, 4) is 11.4 Å². The molecule has 0 spiro atoms. The molecule has 244 valence electrons. The molecule has 0 aromatic carbocycles. The molecule has 3 aromatic heterocycles. The Bertz CT molecular complexity index is 1480. The molecule has 2 saturated heterocycles. The maximum absolute atomic E-state index is 13.0. The van der Waals surface area contributed by atoms with E-state index in [1.807, 2.05) is 0 Å². The second-order valence-corrected chi connectivity index (χ2v) is 13.7. The minimum absolute atomic E-state index is 0.0517. The van der Waals surface area contributed by atoms with Gasteiger partial charge in [0.2, 0.25) is 0 Å². The molecule has 2 aliphatic heterocycles. The number of nitrogens with one attached hydrogen (secondary N) is 1. The molecule has 0 unspecified atom stereocenters. The van der Waals surface area contributed by atoms with Crippen LogP contribution in [-0.2, 0) is 0 Å². The number of ketones is 1. The van der Waals surface area contributed by atoms with Gasteiger partial charge in [0.05, 0.1) is 22.4 Å². The molecular formula is C31H42Cl2N8O3S. The van der Waals surface area contributed by atoms with Crippen molar-refractivity contribution in [3.63, 3.8) is 0 Å². The zero-order valence-corrected chi connectivity index (χ0v) is 28.7. The first kappa shape index (κ1) is 33.6. The van der Waals surface area contributed by atoms with E-state index in [1.54, 1.807) is 19.3 Å². The van der Waals surface area contributed by atoms with Crippen LogP contribution in [0.15, 0.2) is 12.4 Å². The molecule has 2 aliphatic rings. The predicted molar refractivity (Wildman–Crippen MR) is 181 cm³/mol. The summed E-state index contributed by atoms with van der Waals surface area (Å²) in [5, 5.41) is 11.3. The summed E-state index contributed by atoms with van der Waals surface area (Å²) >= 11 is 13.6. The van der Waals surface area contributed by atoms with Gasteiger partial charge in [0.1, 0.15) is 27.8 Å². The number of carboxylic acid groups (broad SMARTS) is 1. The van der Waals surface area contributed by atoms with Gasteiger partial charge >= 0.3 is 5.97 Å². The molecule has 0 radical (unpaired) electrons. The summed E-state index contributed by atoms with van der Waals surface area (Å²) in [7, 11) is 0. The quantitative estimate of drug-likeness (QED) is 0.240. The minimum atomic E-state index is -1.04. The third kappa shape index (κ3) is 7.62. The number of hydrogen-bond acceptors (Lipinski definition) is 10. The Balaban J connectivity index is 1.20. The van der Waals surface area contributed by atoms with Gasteiger partial charge < -0.3 is 24.8 Å². The highest BCUT2D eigenvalue weighted by Gasteiger charge is 2.32. The standard InChI is InChI=1S/C31H42Cl2N8O3S/c1-5-38(6-2)9-10-39-11-13-40(14-12-39)24-17-34-22(16-35-24)27-29(30(43)44)45-31(37-27)41-8-7-21(19(3)18-41)15-23(42)28-26(33)25(32)20(4)36-28/h16-17,19,21,36H,5-15,18H2,1-4H3,(H,43,44)/t19-,21-/m0/s1. The van der Waals surface area contributed by atoms with Crippen LogP contribution in [0, 0.1) is 18.8 Å². The number of aromatic carboxylic acids is 1. The number of H-pyrrole nitrogens is 1. The summed E-state index contributed by atoms with van der Waals surface area (Å²) in [6, 6.07) is 0. The fourth-order valence-corrected chi connectivity index (χ4v) is 7.55. The van der Waals surface area contributed by atoms with Gasteiger partial charge in [-0.05, 0) is 38.3 Å². The van der Waals surface area contributed by atoms with E-state index in [0.29, 0.717) is 52.4 Å². The summed E-state index contributed by atoms with van der Waals surface area (Å²) in [4.78, 5) is 51.7. The SMILES string of the molecule is CCN(CC)CCN1CCN(c2cnc(-c3nc(N4CC[C@@H](CC(=O)c5[nH]c(C)c(Cl)c5Cl)[C@@H](C)C4)sc3C(=O)O)cn2)CC1. The van der Waals surface area contributed by atoms with E-state index in [9.17, 15) is 14.7 Å². The van der Waals surface area contributed by atoms with E-state index >= 15 is 0 Å². The molecule has 0 amide bonds. The fourth-order valence-electron chi connectivity index (χ4n) is 6.17. The third-order valence-electron chi connectivity index (χ3n) is 9.15. The highest BCUT2D eigenvalue weighted by Crippen LogP contribution is 2.37. The Morgan fingerprint density at radius 3 is 2.38 bits per heavy atom. The lowest BCUT2D eigenvalue weighted by molar-refractivity contribution is 0.0702. The number of carbonyl (C=O) groups excluding carboxylic acids is 1. The summed E-state index contributed by atoms with van der Waals surface area (Å²) in [6.45, 7) is 17.6. The minimum Gasteiger partial charge on any atom is -0.477 e. The van der Waals surface area contributed by atoms with Gasteiger partial charge in [-0.3, -0.25) is 9.69 Å². The van der Waals surface area contributed by atoms with E-state index in [4.69, 9.17) is 28.2 Å². The van der Waals surface area contributed by atoms with Crippen LogP contribution in [0.4, 0.5) is 10.9 Å². The lowest BCUT2D eigenvalue weighted by Gasteiger charge is -2.36. The van der Waals surface area contributed by atoms with Crippen molar-refractivity contribution in [1.82, 2.24) is 29.7 Å². The van der Waals surface area contributed by atoms with Gasteiger partial charge in [-0.25, -0.2) is 19.7 Å². The summed E-state index contributed by atoms with van der Waals surface area (Å²) < 4.78 is 0. The molecule has 5 rings (SSSR count). The number of nitrogens with zero attached hydrogens (tertiary/aromatic N) is 7. The maximum Gasteiger partial charge on any atom is 0.348 e. The number of hydrogen-bond donors (Lipinski definition) is 2. The number of likely N-dealkylation sites (N-methyl/N-ethyl adjacent to an activating group) is 1. The van der Waals surface area contributed by atoms with Crippen LogP contribution in [0.25, 0.3) is 11.4 Å². The molecule has 5 heterocycles. The lowest BCUT2D eigenvalue weighted by Crippen LogP contribution is -2.48. The fraction of sp³-hybridized carbons (Fsp3) is 0.581. The molecule has 2 fully saturated rings. The highest BCUT2D eigenvalue weighted by molar-refractivity contribution is 7.17. The van der Waals surface area contributed by atoms with Gasteiger partial charge in [-0.2, -0.15) is 0 Å². The second kappa shape index (κ2) is 14.8. The normalized spacial score (nSPS) is 19.4. The topological polar surface area (TPSA) is 122 Å². The first-order valence-corrected chi connectivity index (χ1v) is 17.2. The van der Waals surface area contributed by atoms with Crippen molar-refractivity contribution in [2.24, 2.45) is 11.8 Å². The smallest absolute Gasteiger partial charge is 0.348 e. The molecule has 2 N–H and O–H groups in total. The number of aromatic nitrogens is 4. The van der Waals surface area contributed by atoms with Crippen LogP contribution in [0.2, 0.25) is 10.0 Å². The number of aromatic amines is 1. The largest absolute Gasteiger partial charge is 0.477 e. The van der Waals surface area contributed by atoms with Crippen molar-refractivity contribution in [1.29, 1.82) is 0 Å². The summed E-state index contributed by atoms with van der Waals surface area (Å²) in [5.41, 5.74) is 1.83. The van der Waals surface area contributed by atoms with Gasteiger partial charge in [0, 0.05) is 64.5 Å². The molecular weight excluding hydrogens is 635 g/mol. The average Bonchev–Trinajstić information content (AvgIpc) is 3.61. The predicted octanol–water partition coefficient (Wildman–Crippen LogP) is 5.44. The van der Waals surface area contributed by atoms with Crippen LogP contribution in [0.5, 0.6) is 0 Å². The number of carboxylic acids is 1. The van der Waals surface area contributed by atoms with Crippen molar-refractivity contribution < 1.29 is 14.7 Å². The third-order valence-corrected chi connectivity index (χ3v) is 11.2. The van der Waals surface area contributed by atoms with Gasteiger partial charge in [0.15, 0.2) is 10.9 Å². The van der Waals surface area contributed by atoms with E-state index in [-0.39, 0.29) is 27.5 Å². The Kier molecular flexibility index (Phi) is 11.0. The molecule has 3 aromatic rings. The number of carbonyl (C=O) groups is 2. The molecule has 0 aliphatic carbocycles. The Morgan fingerprint density at radius 2 is 1.80 bits per heavy atom. The Morgan fingerprint density at radius 1 is 1.07 bits per heavy atom. The van der Waals surface area contributed by atoms with E-state index < -0.39 is 5.97 Å². The zero-order valence-electron chi connectivity index (χ0n) is 26.4. The van der Waals surface area contributed by atoms with Gasteiger partial charge in [0.25, 0.3) is 0 Å². The Hall–Kier alpha value is -2.77. The number of piperazine rings is 1. The van der Waals surface area contributed by atoms with Gasteiger partial charge in [-0.1, -0.05) is 55.3 Å². The monoisotopic (exact) mass is 676 g/mol. The van der Waals surface area contributed by atoms with E-state index in [2.05, 4.69) is 55.3 Å². The Labute approximate surface area is 278 Å². The maximum atomic E-state index is 13.0. The van der Waals surface area contributed by atoms with E-state index in [1.165, 1.54) is 0 Å². The van der Waals surface area contributed by atoms with Gasteiger partial charge in [-0.15, -0.1) is 0 Å². The number of aryl methyl sites for hydroxylation is 1. The van der Waals surface area contributed by atoms with Crippen molar-refractivity contribution in [2.45, 2.75) is 40.5 Å². The van der Waals surface area contributed by atoms with Crippen molar-refractivity contribution in [2.75, 3.05) is 75.2 Å².